The number of nitrogens with zero attached hydrogens (tertiary/aromatic N) is 1. The van der Waals surface area contributed by atoms with E-state index >= 15 is 0 Å². The van der Waals surface area contributed by atoms with Crippen molar-refractivity contribution >= 4 is 17.4 Å². The van der Waals surface area contributed by atoms with Crippen LogP contribution in [0, 0.1) is 0 Å². The molecular weight excluding hydrogens is 148 g/mol. The van der Waals surface area contributed by atoms with Crippen molar-refractivity contribution in [1.29, 1.82) is 0 Å². The Morgan fingerprint density at radius 1 is 1.70 bits per heavy atom. The van der Waals surface area contributed by atoms with Gasteiger partial charge in [-0.3, -0.25) is 0 Å². The van der Waals surface area contributed by atoms with Gasteiger partial charge in [-0.25, -0.2) is 4.98 Å². The molecule has 0 atom stereocenters. The topological polar surface area (TPSA) is 38.9 Å². The lowest BCUT2D eigenvalue weighted by molar-refractivity contribution is 1.11. The smallest absolute Gasteiger partial charge is 0.127 e. The quantitative estimate of drug-likeness (QED) is 0.675. The van der Waals surface area contributed by atoms with Crippen LogP contribution in [0.1, 0.15) is 12.5 Å². The maximum atomic E-state index is 5.81. The Labute approximate surface area is 65.0 Å². The molecule has 0 saturated carbocycles. The van der Waals surface area contributed by atoms with Gasteiger partial charge >= 0.3 is 0 Å². The third-order valence-corrected chi connectivity index (χ3v) is 1.74. The van der Waals surface area contributed by atoms with Crippen LogP contribution < -0.4 is 5.73 Å². The molecule has 0 fully saturated rings. The number of nitrogen functional groups attached to an aromatic ring is 1. The molecular formula is C7H9ClN2. The molecule has 0 aromatic carbocycles. The van der Waals surface area contributed by atoms with E-state index in [0.717, 1.165) is 12.0 Å². The minimum absolute atomic E-state index is 0.537. The van der Waals surface area contributed by atoms with Crippen LogP contribution in [0.3, 0.4) is 0 Å². The van der Waals surface area contributed by atoms with Crippen LogP contribution in [0.5, 0.6) is 0 Å². The Kier molecular flexibility index (Phi) is 2.12. The van der Waals surface area contributed by atoms with Crippen molar-refractivity contribution in [1.82, 2.24) is 4.98 Å². The van der Waals surface area contributed by atoms with Crippen molar-refractivity contribution in [2.75, 3.05) is 5.73 Å². The van der Waals surface area contributed by atoms with Gasteiger partial charge in [0.2, 0.25) is 0 Å². The van der Waals surface area contributed by atoms with Gasteiger partial charge in [-0.1, -0.05) is 18.5 Å². The van der Waals surface area contributed by atoms with Crippen molar-refractivity contribution in [3.8, 4) is 0 Å². The summed E-state index contributed by atoms with van der Waals surface area (Å²) in [4.78, 5) is 3.90. The number of aromatic nitrogens is 1. The number of hydrogen-bond acceptors (Lipinski definition) is 2. The second-order valence-corrected chi connectivity index (χ2v) is 2.42. The highest BCUT2D eigenvalue weighted by molar-refractivity contribution is 6.31. The van der Waals surface area contributed by atoms with Crippen molar-refractivity contribution < 1.29 is 0 Å². The monoisotopic (exact) mass is 156 g/mol. The maximum absolute atomic E-state index is 5.81. The lowest BCUT2D eigenvalue weighted by atomic mass is 10.2. The first-order valence-electron chi connectivity index (χ1n) is 3.14. The van der Waals surface area contributed by atoms with Crippen LogP contribution in [-0.2, 0) is 6.42 Å². The molecule has 3 heteroatoms. The molecule has 0 spiro atoms. The number of nitrogens with two attached hydrogens (primary N) is 1. The second-order valence-electron chi connectivity index (χ2n) is 2.01. The first kappa shape index (κ1) is 7.35. The number of hydrogen-bond donors (Lipinski definition) is 1. The number of pyridine rings is 1. The van der Waals surface area contributed by atoms with Gasteiger partial charge in [-0.15, -0.1) is 0 Å². The number of rotatable bonds is 1. The van der Waals surface area contributed by atoms with E-state index in [-0.39, 0.29) is 0 Å². The van der Waals surface area contributed by atoms with E-state index in [1.807, 2.05) is 6.92 Å². The van der Waals surface area contributed by atoms with Crippen molar-refractivity contribution in [3.05, 3.63) is 22.8 Å². The fourth-order valence-corrected chi connectivity index (χ4v) is 1.12. The van der Waals surface area contributed by atoms with Crippen LogP contribution in [0.2, 0.25) is 5.02 Å². The lowest BCUT2D eigenvalue weighted by Crippen LogP contribution is -1.96. The molecule has 1 aromatic rings. The molecule has 0 radical (unpaired) electrons. The summed E-state index contributed by atoms with van der Waals surface area (Å²) in [5, 5.41) is 0.704. The molecule has 1 aromatic heterocycles. The molecule has 0 saturated heterocycles. The van der Waals surface area contributed by atoms with E-state index in [2.05, 4.69) is 4.98 Å². The zero-order chi connectivity index (χ0) is 7.56. The number of anilines is 1. The van der Waals surface area contributed by atoms with Gasteiger partial charge in [-0.2, -0.15) is 0 Å². The van der Waals surface area contributed by atoms with E-state index in [1.54, 1.807) is 12.3 Å². The number of halogens is 1. The summed E-state index contributed by atoms with van der Waals surface area (Å²) in [7, 11) is 0. The van der Waals surface area contributed by atoms with Gasteiger partial charge in [0.15, 0.2) is 0 Å². The molecule has 2 nitrogen and oxygen atoms in total. The molecule has 1 heterocycles. The van der Waals surface area contributed by atoms with Gasteiger partial charge in [0, 0.05) is 16.8 Å². The summed E-state index contributed by atoms with van der Waals surface area (Å²) in [5.74, 6) is 0.537. The molecule has 54 valence electrons. The molecule has 2 N–H and O–H groups in total. The summed E-state index contributed by atoms with van der Waals surface area (Å²) in [6.07, 6.45) is 2.44. The van der Waals surface area contributed by atoms with Crippen LogP contribution in [0.4, 0.5) is 5.82 Å². The van der Waals surface area contributed by atoms with Crippen molar-refractivity contribution in [3.63, 3.8) is 0 Å². The first-order chi connectivity index (χ1) is 4.75. The van der Waals surface area contributed by atoms with Gasteiger partial charge in [-0.05, 0) is 12.5 Å². The van der Waals surface area contributed by atoms with Gasteiger partial charge in [0.05, 0.1) is 0 Å². The van der Waals surface area contributed by atoms with Crippen LogP contribution in [0.15, 0.2) is 12.3 Å². The van der Waals surface area contributed by atoms with E-state index < -0.39 is 0 Å². The fourth-order valence-electron chi connectivity index (χ4n) is 0.834. The summed E-state index contributed by atoms with van der Waals surface area (Å²) < 4.78 is 0. The molecule has 0 amide bonds. The predicted molar refractivity (Wildman–Crippen MR) is 43.0 cm³/mol. The molecule has 0 unspecified atom stereocenters. The zero-order valence-corrected chi connectivity index (χ0v) is 6.52. The third-order valence-electron chi connectivity index (χ3n) is 1.39. The van der Waals surface area contributed by atoms with E-state index in [9.17, 15) is 0 Å². The minimum Gasteiger partial charge on any atom is -0.383 e. The highest BCUT2D eigenvalue weighted by Gasteiger charge is 2.00. The predicted octanol–water partition coefficient (Wildman–Crippen LogP) is 1.88. The van der Waals surface area contributed by atoms with Gasteiger partial charge in [0.1, 0.15) is 5.82 Å². The fraction of sp³-hybridized carbons (Fsp3) is 0.286. The van der Waals surface area contributed by atoms with E-state index in [0.29, 0.717) is 10.8 Å². The van der Waals surface area contributed by atoms with Gasteiger partial charge in [0.25, 0.3) is 0 Å². The lowest BCUT2D eigenvalue weighted by Gasteiger charge is -2.01. The highest BCUT2D eigenvalue weighted by Crippen LogP contribution is 2.19. The molecule has 0 aliphatic rings. The van der Waals surface area contributed by atoms with Crippen LogP contribution in [-0.4, -0.2) is 4.98 Å². The Morgan fingerprint density at radius 3 is 2.80 bits per heavy atom. The Bertz CT molecular complexity index is 215. The SMILES string of the molecule is CCc1c(Cl)ccnc1N. The molecule has 0 aliphatic heterocycles. The first-order valence-corrected chi connectivity index (χ1v) is 3.52. The van der Waals surface area contributed by atoms with Crippen molar-refractivity contribution in [2.45, 2.75) is 13.3 Å². The average molecular weight is 157 g/mol. The standard InChI is InChI=1S/C7H9ClN2/c1-2-5-6(8)3-4-10-7(5)9/h3-4H,2H2,1H3,(H2,9,10). The highest BCUT2D eigenvalue weighted by atomic mass is 35.5. The minimum atomic E-state index is 0.537. The van der Waals surface area contributed by atoms with E-state index in [1.165, 1.54) is 0 Å². The Balaban J connectivity index is 3.17. The Morgan fingerprint density at radius 2 is 2.40 bits per heavy atom. The maximum Gasteiger partial charge on any atom is 0.127 e. The zero-order valence-electron chi connectivity index (χ0n) is 5.76. The van der Waals surface area contributed by atoms with Gasteiger partial charge < -0.3 is 5.73 Å². The Hall–Kier alpha value is -0.760. The summed E-state index contributed by atoms with van der Waals surface area (Å²) in [5.41, 5.74) is 6.47. The van der Waals surface area contributed by atoms with Crippen LogP contribution >= 0.6 is 11.6 Å². The van der Waals surface area contributed by atoms with Crippen LogP contribution in [0.25, 0.3) is 0 Å². The summed E-state index contributed by atoms with van der Waals surface area (Å²) >= 11 is 5.81. The normalized spacial score (nSPS) is 9.80. The molecule has 0 bridgehead atoms. The molecule has 0 aliphatic carbocycles. The van der Waals surface area contributed by atoms with Crippen molar-refractivity contribution in [2.24, 2.45) is 0 Å². The van der Waals surface area contributed by atoms with E-state index in [4.69, 9.17) is 17.3 Å². The summed E-state index contributed by atoms with van der Waals surface area (Å²) in [6.45, 7) is 2.00. The largest absolute Gasteiger partial charge is 0.383 e. The molecule has 10 heavy (non-hydrogen) atoms. The molecule has 1 rings (SSSR count). The summed E-state index contributed by atoms with van der Waals surface area (Å²) in [6, 6.07) is 1.75. The second kappa shape index (κ2) is 2.88. The third kappa shape index (κ3) is 1.21. The average Bonchev–Trinajstić information content (AvgIpc) is 1.88.